The van der Waals surface area contributed by atoms with Gasteiger partial charge in [-0.1, -0.05) is 0 Å². The molecule has 5 nitrogen and oxygen atoms in total. The van der Waals surface area contributed by atoms with Crippen molar-refractivity contribution in [3.05, 3.63) is 24.0 Å². The fraction of sp³-hybridized carbons (Fsp3) is 0.562. The third-order valence-corrected chi connectivity index (χ3v) is 4.15. The maximum Gasteiger partial charge on any atom is 0.410 e. The van der Waals surface area contributed by atoms with Gasteiger partial charge >= 0.3 is 6.09 Å². The van der Waals surface area contributed by atoms with Crippen LogP contribution in [-0.2, 0) is 4.74 Å². The lowest BCUT2D eigenvalue weighted by Gasteiger charge is -2.36. The minimum absolute atomic E-state index is 0.0804. The normalized spacial score (nSPS) is 24.0. The summed E-state index contributed by atoms with van der Waals surface area (Å²) in [7, 11) is 0. The quantitative estimate of drug-likeness (QED) is 0.810. The molecule has 2 aliphatic heterocycles. The first-order chi connectivity index (χ1) is 10.2. The number of hydrogen-bond acceptors (Lipinski definition) is 4. The molecule has 1 aromatic rings. The highest BCUT2D eigenvalue weighted by molar-refractivity contribution is 5.70. The number of amides is 1. The molecule has 2 aliphatic rings. The molecule has 0 aromatic heterocycles. The summed E-state index contributed by atoms with van der Waals surface area (Å²) in [5.41, 5.74) is 6.07. The van der Waals surface area contributed by atoms with Gasteiger partial charge in [-0.25, -0.2) is 9.18 Å². The van der Waals surface area contributed by atoms with E-state index in [2.05, 4.69) is 0 Å². The molecule has 6 heteroatoms. The summed E-state index contributed by atoms with van der Waals surface area (Å²) in [6.07, 6.45) is 0.570. The number of ether oxygens (including phenoxy) is 1. The molecular weight excluding hydrogens is 285 g/mol. The molecule has 2 bridgehead atoms. The Labute approximate surface area is 129 Å². The van der Waals surface area contributed by atoms with Gasteiger partial charge in [0.05, 0.1) is 11.7 Å². The number of hydrogen-bond donors (Lipinski definition) is 1. The number of likely N-dealkylation sites (tertiary alicyclic amines) is 1. The maximum absolute atomic E-state index is 14.1. The number of halogens is 1. The van der Waals surface area contributed by atoms with Crippen LogP contribution in [0.1, 0.15) is 27.2 Å². The second kappa shape index (κ2) is 5.04. The maximum atomic E-state index is 14.1. The number of nitrogens with two attached hydrogens (primary N) is 1. The number of fused-ring (bicyclic) bond motifs is 2. The minimum Gasteiger partial charge on any atom is -0.444 e. The molecule has 0 radical (unpaired) electrons. The third-order valence-electron chi connectivity index (χ3n) is 4.15. The molecule has 3 rings (SSSR count). The smallest absolute Gasteiger partial charge is 0.410 e. The highest BCUT2D eigenvalue weighted by Crippen LogP contribution is 2.36. The zero-order valence-corrected chi connectivity index (χ0v) is 13.2. The number of anilines is 2. The summed E-state index contributed by atoms with van der Waals surface area (Å²) in [6.45, 7) is 6.77. The van der Waals surface area contributed by atoms with Crippen LogP contribution in [0.2, 0.25) is 0 Å². The molecule has 22 heavy (non-hydrogen) atoms. The Morgan fingerprint density at radius 3 is 2.59 bits per heavy atom. The average Bonchev–Trinajstić information content (AvgIpc) is 2.96. The summed E-state index contributed by atoms with van der Waals surface area (Å²) in [6, 6.07) is 4.97. The van der Waals surface area contributed by atoms with E-state index in [1.54, 1.807) is 17.0 Å². The first kappa shape index (κ1) is 14.9. The SMILES string of the molecule is CC(C)(C)OC(=O)N1C[C@@H]2C[C@H]1CN2c1ccc(N)cc1F. The molecule has 120 valence electrons. The Bertz CT molecular complexity index is 600. The zero-order valence-electron chi connectivity index (χ0n) is 13.2. The zero-order chi connectivity index (χ0) is 16.1. The van der Waals surface area contributed by atoms with Gasteiger partial charge in [0.25, 0.3) is 0 Å². The predicted molar refractivity (Wildman–Crippen MR) is 83.3 cm³/mol. The van der Waals surface area contributed by atoms with Crippen LogP contribution >= 0.6 is 0 Å². The second-order valence-electron chi connectivity index (χ2n) is 7.04. The minimum atomic E-state index is -0.498. The molecular formula is C16H22FN3O2. The molecule has 2 atom stereocenters. The van der Waals surface area contributed by atoms with Crippen molar-refractivity contribution in [1.82, 2.24) is 4.90 Å². The number of piperazine rings is 1. The summed E-state index contributed by atoms with van der Waals surface area (Å²) in [4.78, 5) is 16.0. The molecule has 2 fully saturated rings. The summed E-state index contributed by atoms with van der Waals surface area (Å²) in [5.74, 6) is -0.309. The van der Waals surface area contributed by atoms with Crippen molar-refractivity contribution in [2.45, 2.75) is 44.9 Å². The van der Waals surface area contributed by atoms with E-state index in [9.17, 15) is 9.18 Å². The van der Waals surface area contributed by atoms with Gasteiger partial charge < -0.3 is 20.3 Å². The van der Waals surface area contributed by atoms with Gasteiger partial charge in [-0.15, -0.1) is 0 Å². The van der Waals surface area contributed by atoms with E-state index in [0.29, 0.717) is 24.5 Å². The van der Waals surface area contributed by atoms with E-state index in [0.717, 1.165) is 6.42 Å². The summed E-state index contributed by atoms with van der Waals surface area (Å²) >= 11 is 0. The Morgan fingerprint density at radius 1 is 1.32 bits per heavy atom. The van der Waals surface area contributed by atoms with E-state index in [-0.39, 0.29) is 24.0 Å². The molecule has 1 amide bonds. The first-order valence-electron chi connectivity index (χ1n) is 7.56. The van der Waals surface area contributed by atoms with Crippen LogP contribution in [-0.4, -0.2) is 41.8 Å². The van der Waals surface area contributed by atoms with Crippen molar-refractivity contribution >= 4 is 17.5 Å². The Balaban J connectivity index is 1.71. The lowest BCUT2D eigenvalue weighted by Crippen LogP contribution is -2.50. The van der Waals surface area contributed by atoms with Crippen molar-refractivity contribution in [2.75, 3.05) is 23.7 Å². The third kappa shape index (κ3) is 2.69. The number of rotatable bonds is 1. The average molecular weight is 307 g/mol. The van der Waals surface area contributed by atoms with Crippen LogP contribution in [0.4, 0.5) is 20.6 Å². The van der Waals surface area contributed by atoms with Crippen molar-refractivity contribution in [3.63, 3.8) is 0 Å². The van der Waals surface area contributed by atoms with E-state index < -0.39 is 5.60 Å². The van der Waals surface area contributed by atoms with Crippen molar-refractivity contribution in [2.24, 2.45) is 0 Å². The van der Waals surface area contributed by atoms with Crippen LogP contribution in [0, 0.1) is 5.82 Å². The van der Waals surface area contributed by atoms with Crippen LogP contribution < -0.4 is 10.6 Å². The summed E-state index contributed by atoms with van der Waals surface area (Å²) < 4.78 is 19.5. The van der Waals surface area contributed by atoms with Gasteiger partial charge in [0.2, 0.25) is 0 Å². The van der Waals surface area contributed by atoms with Gasteiger partial charge in [0.15, 0.2) is 0 Å². The molecule has 2 saturated heterocycles. The topological polar surface area (TPSA) is 58.8 Å². The van der Waals surface area contributed by atoms with Crippen molar-refractivity contribution in [1.29, 1.82) is 0 Å². The van der Waals surface area contributed by atoms with Gasteiger partial charge in [-0.05, 0) is 45.4 Å². The van der Waals surface area contributed by atoms with Crippen LogP contribution in [0.15, 0.2) is 18.2 Å². The number of benzene rings is 1. The van der Waals surface area contributed by atoms with E-state index in [4.69, 9.17) is 10.5 Å². The van der Waals surface area contributed by atoms with Gasteiger partial charge in [0.1, 0.15) is 11.4 Å². The number of carbonyl (C=O) groups is 1. The highest BCUT2D eigenvalue weighted by atomic mass is 19.1. The molecule has 2 heterocycles. The Hall–Kier alpha value is -1.98. The van der Waals surface area contributed by atoms with Crippen LogP contribution in [0.5, 0.6) is 0 Å². The summed E-state index contributed by atoms with van der Waals surface area (Å²) in [5, 5.41) is 0. The molecule has 0 saturated carbocycles. The van der Waals surface area contributed by atoms with Gasteiger partial charge in [-0.2, -0.15) is 0 Å². The second-order valence-corrected chi connectivity index (χ2v) is 7.04. The first-order valence-corrected chi connectivity index (χ1v) is 7.56. The lowest BCUT2D eigenvalue weighted by molar-refractivity contribution is 0.0214. The van der Waals surface area contributed by atoms with Gasteiger partial charge in [0, 0.05) is 24.8 Å². The number of nitrogen functional groups attached to an aromatic ring is 1. The Morgan fingerprint density at radius 2 is 2.05 bits per heavy atom. The monoisotopic (exact) mass is 307 g/mol. The molecule has 1 aromatic carbocycles. The van der Waals surface area contributed by atoms with E-state index in [1.165, 1.54) is 6.07 Å². The van der Waals surface area contributed by atoms with Crippen LogP contribution in [0.3, 0.4) is 0 Å². The van der Waals surface area contributed by atoms with Crippen LogP contribution in [0.25, 0.3) is 0 Å². The highest BCUT2D eigenvalue weighted by Gasteiger charge is 2.47. The standard InChI is InChI=1S/C16H22FN3O2/c1-16(2,3)22-15(21)20-9-11-7-12(20)8-19(11)14-5-4-10(18)6-13(14)17/h4-6,11-12H,7-9,18H2,1-3H3/t11-,12-/m0/s1. The molecule has 0 unspecified atom stereocenters. The van der Waals surface area contributed by atoms with Gasteiger partial charge in [-0.3, -0.25) is 0 Å². The number of carbonyl (C=O) groups excluding carboxylic acids is 1. The molecule has 2 N–H and O–H groups in total. The van der Waals surface area contributed by atoms with E-state index in [1.807, 2.05) is 25.7 Å². The molecule has 0 spiro atoms. The fourth-order valence-electron chi connectivity index (χ4n) is 3.26. The number of nitrogens with zero attached hydrogens (tertiary/aromatic N) is 2. The Kier molecular flexibility index (Phi) is 3.42. The predicted octanol–water partition coefficient (Wildman–Crippen LogP) is 2.61. The lowest BCUT2D eigenvalue weighted by atomic mass is 10.2. The van der Waals surface area contributed by atoms with Crippen molar-refractivity contribution < 1.29 is 13.9 Å². The largest absolute Gasteiger partial charge is 0.444 e. The van der Waals surface area contributed by atoms with Crippen molar-refractivity contribution in [3.8, 4) is 0 Å². The molecule has 0 aliphatic carbocycles. The fourth-order valence-corrected chi connectivity index (χ4v) is 3.26. The van der Waals surface area contributed by atoms with E-state index >= 15 is 0 Å².